The van der Waals surface area contributed by atoms with E-state index in [2.05, 4.69) is 33.5 Å². The Morgan fingerprint density at radius 3 is 2.22 bits per heavy atom. The molecule has 2 rings (SSSR count). The SMILES string of the molecule is NNC(Cc1ccc(Cl)cc1)c1ccc(Br)cc1. The van der Waals surface area contributed by atoms with Gasteiger partial charge in [-0.3, -0.25) is 11.3 Å². The van der Waals surface area contributed by atoms with Gasteiger partial charge in [0.15, 0.2) is 0 Å². The summed E-state index contributed by atoms with van der Waals surface area (Å²) in [5, 5.41) is 0.750. The van der Waals surface area contributed by atoms with Crippen molar-refractivity contribution < 1.29 is 0 Å². The summed E-state index contributed by atoms with van der Waals surface area (Å²) in [4.78, 5) is 0. The average Bonchev–Trinajstić information content (AvgIpc) is 2.39. The zero-order valence-corrected chi connectivity index (χ0v) is 12.1. The fourth-order valence-electron chi connectivity index (χ4n) is 1.82. The molecular formula is C14H14BrClN2. The Balaban J connectivity index is 2.14. The number of halogens is 2. The third-order valence-corrected chi connectivity index (χ3v) is 3.61. The van der Waals surface area contributed by atoms with Crippen molar-refractivity contribution in [3.63, 3.8) is 0 Å². The van der Waals surface area contributed by atoms with Crippen LogP contribution in [0.3, 0.4) is 0 Å². The van der Waals surface area contributed by atoms with Crippen LogP contribution in [-0.4, -0.2) is 0 Å². The first-order valence-electron chi connectivity index (χ1n) is 5.65. The van der Waals surface area contributed by atoms with Gasteiger partial charge in [-0.05, 0) is 41.8 Å². The summed E-state index contributed by atoms with van der Waals surface area (Å²) in [5.74, 6) is 5.63. The van der Waals surface area contributed by atoms with Crippen LogP contribution >= 0.6 is 27.5 Å². The van der Waals surface area contributed by atoms with E-state index in [1.807, 2.05) is 36.4 Å². The van der Waals surface area contributed by atoms with Crippen LogP contribution < -0.4 is 11.3 Å². The van der Waals surface area contributed by atoms with Gasteiger partial charge < -0.3 is 0 Å². The molecule has 0 saturated carbocycles. The third kappa shape index (κ3) is 3.56. The van der Waals surface area contributed by atoms with Crippen molar-refractivity contribution in [3.8, 4) is 0 Å². The minimum Gasteiger partial charge on any atom is -0.271 e. The molecule has 0 saturated heterocycles. The van der Waals surface area contributed by atoms with E-state index in [1.165, 1.54) is 5.56 Å². The highest BCUT2D eigenvalue weighted by Gasteiger charge is 2.10. The minimum absolute atomic E-state index is 0.0966. The molecule has 0 amide bonds. The molecule has 0 aromatic heterocycles. The van der Waals surface area contributed by atoms with Gasteiger partial charge in [0.2, 0.25) is 0 Å². The molecule has 0 bridgehead atoms. The van der Waals surface area contributed by atoms with E-state index in [1.54, 1.807) is 0 Å². The van der Waals surface area contributed by atoms with Crippen LogP contribution in [0, 0.1) is 0 Å². The van der Waals surface area contributed by atoms with Gasteiger partial charge >= 0.3 is 0 Å². The molecule has 0 aliphatic carbocycles. The average molecular weight is 326 g/mol. The molecule has 2 nitrogen and oxygen atoms in total. The standard InChI is InChI=1S/C14H14BrClN2/c15-12-5-3-11(4-6-12)14(18-17)9-10-1-7-13(16)8-2-10/h1-8,14,18H,9,17H2. The highest BCUT2D eigenvalue weighted by Crippen LogP contribution is 2.21. The van der Waals surface area contributed by atoms with E-state index in [9.17, 15) is 0 Å². The Labute approximate surface area is 120 Å². The second-order valence-electron chi connectivity index (χ2n) is 4.10. The van der Waals surface area contributed by atoms with E-state index in [0.29, 0.717) is 0 Å². The number of nitrogens with one attached hydrogen (secondary N) is 1. The zero-order valence-electron chi connectivity index (χ0n) is 9.74. The second kappa shape index (κ2) is 6.34. The Kier molecular flexibility index (Phi) is 4.78. The summed E-state index contributed by atoms with van der Waals surface area (Å²) >= 11 is 9.30. The lowest BCUT2D eigenvalue weighted by Crippen LogP contribution is -2.29. The van der Waals surface area contributed by atoms with Gasteiger partial charge in [-0.2, -0.15) is 0 Å². The maximum atomic E-state index is 5.87. The van der Waals surface area contributed by atoms with Crippen molar-refractivity contribution in [2.45, 2.75) is 12.5 Å². The molecule has 0 aliphatic heterocycles. The van der Waals surface area contributed by atoms with Crippen molar-refractivity contribution in [1.82, 2.24) is 5.43 Å². The molecule has 94 valence electrons. The van der Waals surface area contributed by atoms with E-state index in [-0.39, 0.29) is 6.04 Å². The molecule has 1 atom stereocenters. The van der Waals surface area contributed by atoms with Crippen molar-refractivity contribution >= 4 is 27.5 Å². The summed E-state index contributed by atoms with van der Waals surface area (Å²) in [6, 6.07) is 16.1. The lowest BCUT2D eigenvalue weighted by Gasteiger charge is -2.16. The number of nitrogens with two attached hydrogens (primary N) is 1. The Morgan fingerprint density at radius 1 is 1.06 bits per heavy atom. The fourth-order valence-corrected chi connectivity index (χ4v) is 2.21. The van der Waals surface area contributed by atoms with Gasteiger partial charge in [0.25, 0.3) is 0 Å². The first kappa shape index (κ1) is 13.6. The van der Waals surface area contributed by atoms with Crippen LogP contribution in [0.4, 0.5) is 0 Å². The fraction of sp³-hybridized carbons (Fsp3) is 0.143. The first-order chi connectivity index (χ1) is 8.69. The van der Waals surface area contributed by atoms with E-state index >= 15 is 0 Å². The molecule has 0 heterocycles. The van der Waals surface area contributed by atoms with Crippen molar-refractivity contribution in [2.24, 2.45) is 5.84 Å². The van der Waals surface area contributed by atoms with Crippen LogP contribution in [0.1, 0.15) is 17.2 Å². The number of benzene rings is 2. The first-order valence-corrected chi connectivity index (χ1v) is 6.82. The van der Waals surface area contributed by atoms with Crippen LogP contribution in [0.5, 0.6) is 0 Å². The summed E-state index contributed by atoms with van der Waals surface area (Å²) < 4.78 is 1.06. The molecule has 0 spiro atoms. The molecule has 4 heteroatoms. The van der Waals surface area contributed by atoms with Gasteiger partial charge in [0, 0.05) is 15.5 Å². The van der Waals surface area contributed by atoms with Gasteiger partial charge in [-0.15, -0.1) is 0 Å². The second-order valence-corrected chi connectivity index (χ2v) is 5.45. The summed E-state index contributed by atoms with van der Waals surface area (Å²) in [7, 11) is 0. The quantitative estimate of drug-likeness (QED) is 0.662. The smallest absolute Gasteiger partial charge is 0.0500 e. The Morgan fingerprint density at radius 2 is 1.67 bits per heavy atom. The Bertz CT molecular complexity index is 496. The monoisotopic (exact) mass is 324 g/mol. The minimum atomic E-state index is 0.0966. The zero-order chi connectivity index (χ0) is 13.0. The van der Waals surface area contributed by atoms with Gasteiger partial charge in [0.05, 0.1) is 0 Å². The number of rotatable bonds is 4. The van der Waals surface area contributed by atoms with Crippen molar-refractivity contribution in [3.05, 3.63) is 69.2 Å². The molecule has 0 aliphatic rings. The highest BCUT2D eigenvalue weighted by atomic mass is 79.9. The maximum Gasteiger partial charge on any atom is 0.0500 e. The van der Waals surface area contributed by atoms with E-state index < -0.39 is 0 Å². The molecule has 0 fully saturated rings. The highest BCUT2D eigenvalue weighted by molar-refractivity contribution is 9.10. The van der Waals surface area contributed by atoms with E-state index in [4.69, 9.17) is 17.4 Å². The summed E-state index contributed by atoms with van der Waals surface area (Å²) in [6.45, 7) is 0. The normalized spacial score (nSPS) is 12.4. The van der Waals surface area contributed by atoms with Crippen molar-refractivity contribution in [1.29, 1.82) is 0 Å². The van der Waals surface area contributed by atoms with Crippen LogP contribution in [0.15, 0.2) is 53.0 Å². The third-order valence-electron chi connectivity index (χ3n) is 2.83. The topological polar surface area (TPSA) is 38.0 Å². The summed E-state index contributed by atoms with van der Waals surface area (Å²) in [6.07, 6.45) is 0.829. The van der Waals surface area contributed by atoms with Gasteiger partial charge in [0.1, 0.15) is 0 Å². The van der Waals surface area contributed by atoms with Crippen LogP contribution in [0.25, 0.3) is 0 Å². The number of hydrogen-bond acceptors (Lipinski definition) is 2. The lowest BCUT2D eigenvalue weighted by molar-refractivity contribution is 0.552. The maximum absolute atomic E-state index is 5.87. The van der Waals surface area contributed by atoms with E-state index in [0.717, 1.165) is 21.5 Å². The van der Waals surface area contributed by atoms with Crippen LogP contribution in [0.2, 0.25) is 5.02 Å². The lowest BCUT2D eigenvalue weighted by atomic mass is 9.99. The predicted molar refractivity (Wildman–Crippen MR) is 79.4 cm³/mol. The number of hydrazine groups is 1. The number of hydrogen-bond donors (Lipinski definition) is 2. The molecule has 3 N–H and O–H groups in total. The molecule has 2 aromatic rings. The van der Waals surface area contributed by atoms with Crippen LogP contribution in [-0.2, 0) is 6.42 Å². The molecule has 18 heavy (non-hydrogen) atoms. The van der Waals surface area contributed by atoms with Gasteiger partial charge in [-0.25, -0.2) is 0 Å². The Hall–Kier alpha value is -0.870. The van der Waals surface area contributed by atoms with Crippen molar-refractivity contribution in [2.75, 3.05) is 0 Å². The molecular weight excluding hydrogens is 312 g/mol. The summed E-state index contributed by atoms with van der Waals surface area (Å²) in [5.41, 5.74) is 5.21. The molecule has 2 aromatic carbocycles. The molecule has 0 radical (unpaired) electrons. The predicted octanol–water partition coefficient (Wildman–Crippen LogP) is 3.85. The largest absolute Gasteiger partial charge is 0.271 e. The molecule has 1 unspecified atom stereocenters. The van der Waals surface area contributed by atoms with Gasteiger partial charge in [-0.1, -0.05) is 51.8 Å².